The van der Waals surface area contributed by atoms with Crippen molar-refractivity contribution in [2.24, 2.45) is 16.6 Å². The Morgan fingerprint density at radius 1 is 1.05 bits per heavy atom. The Morgan fingerprint density at radius 3 is 2.16 bits per heavy atom. The van der Waals surface area contributed by atoms with E-state index in [9.17, 15) is 0 Å². The molecular weight excluding hydrogens is 240 g/mol. The van der Waals surface area contributed by atoms with Gasteiger partial charge in [0, 0.05) is 24.1 Å². The number of amidine groups is 1. The number of benzene rings is 1. The van der Waals surface area contributed by atoms with Crippen LogP contribution in [0.5, 0.6) is 11.5 Å². The molecule has 0 radical (unpaired) electrons. The average Bonchev–Trinajstić information content (AvgIpc) is 2.47. The molecule has 1 fully saturated rings. The third-order valence-electron chi connectivity index (χ3n) is 3.62. The summed E-state index contributed by atoms with van der Waals surface area (Å²) in [5.74, 6) is 2.62. The molecule has 4 nitrogen and oxygen atoms in total. The lowest BCUT2D eigenvalue weighted by Gasteiger charge is -2.20. The first-order chi connectivity index (χ1) is 9.22. The fraction of sp³-hybridized carbons (Fsp3) is 0.533. The van der Waals surface area contributed by atoms with E-state index >= 15 is 0 Å². The molecule has 0 unspecified atom stereocenters. The second-order valence-electron chi connectivity index (χ2n) is 4.94. The van der Waals surface area contributed by atoms with Gasteiger partial charge in [0.2, 0.25) is 0 Å². The summed E-state index contributed by atoms with van der Waals surface area (Å²) in [6.07, 6.45) is 6.12. The SMILES string of the molecule is COc1cc(N=C(N)C2CCCCC2)cc(OC)c1. The van der Waals surface area contributed by atoms with Crippen molar-refractivity contribution < 1.29 is 9.47 Å². The molecule has 1 aromatic carbocycles. The van der Waals surface area contributed by atoms with Gasteiger partial charge in [-0.05, 0) is 12.8 Å². The average molecular weight is 262 g/mol. The van der Waals surface area contributed by atoms with Gasteiger partial charge in [0.1, 0.15) is 17.3 Å². The molecule has 0 spiro atoms. The Kier molecular flexibility index (Phi) is 4.66. The molecule has 0 aromatic heterocycles. The highest BCUT2D eigenvalue weighted by Crippen LogP contribution is 2.29. The third-order valence-corrected chi connectivity index (χ3v) is 3.62. The first-order valence-electron chi connectivity index (χ1n) is 6.80. The zero-order chi connectivity index (χ0) is 13.7. The zero-order valence-corrected chi connectivity index (χ0v) is 11.7. The van der Waals surface area contributed by atoms with E-state index in [-0.39, 0.29) is 0 Å². The van der Waals surface area contributed by atoms with Crippen LogP contribution in [0.2, 0.25) is 0 Å². The van der Waals surface area contributed by atoms with Gasteiger partial charge in [0.15, 0.2) is 0 Å². The largest absolute Gasteiger partial charge is 0.497 e. The summed E-state index contributed by atoms with van der Waals surface area (Å²) in [7, 11) is 3.26. The zero-order valence-electron chi connectivity index (χ0n) is 11.7. The third kappa shape index (κ3) is 3.63. The molecule has 0 bridgehead atoms. The predicted octanol–water partition coefficient (Wildman–Crippen LogP) is 3.27. The number of nitrogens with two attached hydrogens (primary N) is 1. The number of nitrogens with zero attached hydrogens (tertiary/aromatic N) is 1. The lowest BCUT2D eigenvalue weighted by Crippen LogP contribution is -2.25. The minimum Gasteiger partial charge on any atom is -0.497 e. The van der Waals surface area contributed by atoms with E-state index in [1.165, 1.54) is 19.3 Å². The second-order valence-corrected chi connectivity index (χ2v) is 4.94. The molecule has 1 aromatic rings. The Labute approximate surface area is 114 Å². The molecule has 4 heteroatoms. The van der Waals surface area contributed by atoms with Crippen LogP contribution in [0.1, 0.15) is 32.1 Å². The first-order valence-corrected chi connectivity index (χ1v) is 6.80. The molecule has 2 rings (SSSR count). The van der Waals surface area contributed by atoms with Crippen molar-refractivity contribution in [1.82, 2.24) is 0 Å². The van der Waals surface area contributed by atoms with Gasteiger partial charge < -0.3 is 15.2 Å². The van der Waals surface area contributed by atoms with Crippen molar-refractivity contribution in [3.05, 3.63) is 18.2 Å². The maximum Gasteiger partial charge on any atom is 0.124 e. The highest BCUT2D eigenvalue weighted by atomic mass is 16.5. The predicted molar refractivity (Wildman–Crippen MR) is 77.4 cm³/mol. The highest BCUT2D eigenvalue weighted by molar-refractivity contribution is 5.85. The van der Waals surface area contributed by atoms with Gasteiger partial charge in [-0.25, -0.2) is 4.99 Å². The first kappa shape index (κ1) is 13.7. The molecule has 1 aliphatic rings. The Morgan fingerprint density at radius 2 is 1.63 bits per heavy atom. The van der Waals surface area contributed by atoms with E-state index in [1.807, 2.05) is 18.2 Å². The van der Waals surface area contributed by atoms with E-state index in [0.717, 1.165) is 35.9 Å². The normalized spacial score (nSPS) is 17.3. The lowest BCUT2D eigenvalue weighted by molar-refractivity contribution is 0.394. The molecule has 0 saturated heterocycles. The molecule has 1 aliphatic carbocycles. The van der Waals surface area contributed by atoms with Crippen LogP contribution in [-0.2, 0) is 0 Å². The molecule has 2 N–H and O–H groups in total. The summed E-state index contributed by atoms with van der Waals surface area (Å²) in [6, 6.07) is 5.58. The maximum atomic E-state index is 6.13. The van der Waals surface area contributed by atoms with Crippen LogP contribution >= 0.6 is 0 Å². The summed E-state index contributed by atoms with van der Waals surface area (Å²) < 4.78 is 10.5. The number of hydrogen-bond donors (Lipinski definition) is 1. The minimum atomic E-state index is 0.422. The van der Waals surface area contributed by atoms with Crippen LogP contribution in [-0.4, -0.2) is 20.1 Å². The molecule has 0 heterocycles. The van der Waals surface area contributed by atoms with Crippen LogP contribution in [0.25, 0.3) is 0 Å². The molecule has 0 aliphatic heterocycles. The number of rotatable bonds is 4. The van der Waals surface area contributed by atoms with Crippen LogP contribution in [0.3, 0.4) is 0 Å². The molecular formula is C15H22N2O2. The van der Waals surface area contributed by atoms with E-state index in [0.29, 0.717) is 5.92 Å². The molecule has 0 amide bonds. The van der Waals surface area contributed by atoms with Gasteiger partial charge in [0.05, 0.1) is 19.9 Å². The van der Waals surface area contributed by atoms with Gasteiger partial charge in [-0.1, -0.05) is 19.3 Å². The summed E-state index contributed by atoms with van der Waals surface area (Å²) in [6.45, 7) is 0. The quantitative estimate of drug-likeness (QED) is 0.669. The van der Waals surface area contributed by atoms with Gasteiger partial charge >= 0.3 is 0 Å². The van der Waals surface area contributed by atoms with Crippen LogP contribution in [0.4, 0.5) is 5.69 Å². The van der Waals surface area contributed by atoms with E-state index in [1.54, 1.807) is 14.2 Å². The Bertz CT molecular complexity index is 429. The number of methoxy groups -OCH3 is 2. The maximum absolute atomic E-state index is 6.13. The van der Waals surface area contributed by atoms with E-state index < -0.39 is 0 Å². The van der Waals surface area contributed by atoms with Crippen molar-refractivity contribution in [1.29, 1.82) is 0 Å². The van der Waals surface area contributed by atoms with Crippen molar-refractivity contribution in [3.8, 4) is 11.5 Å². The molecule has 0 atom stereocenters. The fourth-order valence-corrected chi connectivity index (χ4v) is 2.50. The topological polar surface area (TPSA) is 56.8 Å². The van der Waals surface area contributed by atoms with E-state index in [4.69, 9.17) is 15.2 Å². The molecule has 19 heavy (non-hydrogen) atoms. The summed E-state index contributed by atoms with van der Waals surface area (Å²) in [5.41, 5.74) is 6.92. The number of aliphatic imine (C=N–C) groups is 1. The van der Waals surface area contributed by atoms with Crippen LogP contribution in [0.15, 0.2) is 23.2 Å². The van der Waals surface area contributed by atoms with Crippen LogP contribution in [0, 0.1) is 5.92 Å². The van der Waals surface area contributed by atoms with Crippen molar-refractivity contribution in [2.45, 2.75) is 32.1 Å². The van der Waals surface area contributed by atoms with Crippen LogP contribution < -0.4 is 15.2 Å². The Hall–Kier alpha value is -1.71. The molecule has 104 valence electrons. The van der Waals surface area contributed by atoms with Gasteiger partial charge in [-0.15, -0.1) is 0 Å². The van der Waals surface area contributed by atoms with E-state index in [2.05, 4.69) is 4.99 Å². The number of hydrogen-bond acceptors (Lipinski definition) is 3. The molecule has 1 saturated carbocycles. The van der Waals surface area contributed by atoms with Crippen molar-refractivity contribution >= 4 is 11.5 Å². The van der Waals surface area contributed by atoms with Gasteiger partial charge in [-0.2, -0.15) is 0 Å². The second kappa shape index (κ2) is 6.45. The smallest absolute Gasteiger partial charge is 0.124 e. The summed E-state index contributed by atoms with van der Waals surface area (Å²) in [4.78, 5) is 4.53. The van der Waals surface area contributed by atoms with Gasteiger partial charge in [-0.3, -0.25) is 0 Å². The minimum absolute atomic E-state index is 0.422. The van der Waals surface area contributed by atoms with Crippen molar-refractivity contribution in [2.75, 3.05) is 14.2 Å². The summed E-state index contributed by atoms with van der Waals surface area (Å²) in [5, 5.41) is 0. The Balaban J connectivity index is 2.20. The standard InChI is InChI=1S/C15H22N2O2/c1-18-13-8-12(9-14(10-13)19-2)17-15(16)11-6-4-3-5-7-11/h8-11H,3-7H2,1-2H3,(H2,16,17). The highest BCUT2D eigenvalue weighted by Gasteiger charge is 2.17. The summed E-state index contributed by atoms with van der Waals surface area (Å²) >= 11 is 0. The van der Waals surface area contributed by atoms with Crippen molar-refractivity contribution in [3.63, 3.8) is 0 Å². The van der Waals surface area contributed by atoms with Gasteiger partial charge in [0.25, 0.3) is 0 Å². The monoisotopic (exact) mass is 262 g/mol. The lowest BCUT2D eigenvalue weighted by atomic mass is 9.88. The fourth-order valence-electron chi connectivity index (χ4n) is 2.50. The number of ether oxygens (including phenoxy) is 2.